The van der Waals surface area contributed by atoms with E-state index in [9.17, 15) is 0 Å². The van der Waals surface area contributed by atoms with E-state index in [2.05, 4.69) is 33.6 Å². The molecule has 2 N–H and O–H groups in total. The number of ether oxygens (including phenoxy) is 2. The summed E-state index contributed by atoms with van der Waals surface area (Å²) in [6.45, 7) is 7.83. The number of hydrogen-bond acceptors (Lipinski definition) is 4. The molecule has 1 aromatic carbocycles. The molecule has 2 rings (SSSR count). The summed E-state index contributed by atoms with van der Waals surface area (Å²) in [4.78, 5) is 8.51. The molecule has 0 saturated heterocycles. The minimum Gasteiger partial charge on any atom is -0.489 e. The van der Waals surface area contributed by atoms with Crippen molar-refractivity contribution in [2.45, 2.75) is 33.4 Å². The van der Waals surface area contributed by atoms with E-state index in [-0.39, 0.29) is 6.10 Å². The molecule has 140 valence electrons. The maximum atomic E-state index is 5.93. The standard InChI is InChI=1S/C20H28N4O2/c1-5-25-19-17(9-7-11-22-19)14-24-20(21-4)23-13-16(3)26-18-10-6-8-15(2)12-18/h6-12,16H,5,13-14H2,1-4H3,(H2,21,23,24). The largest absolute Gasteiger partial charge is 0.489 e. The van der Waals surface area contributed by atoms with Crippen LogP contribution in [0.4, 0.5) is 0 Å². The molecule has 0 amide bonds. The highest BCUT2D eigenvalue weighted by molar-refractivity contribution is 5.79. The Morgan fingerprint density at radius 3 is 2.81 bits per heavy atom. The lowest BCUT2D eigenvalue weighted by Crippen LogP contribution is -2.41. The Hall–Kier alpha value is -2.76. The highest BCUT2D eigenvalue weighted by atomic mass is 16.5. The predicted molar refractivity (Wildman–Crippen MR) is 105 cm³/mol. The number of nitrogens with zero attached hydrogens (tertiary/aromatic N) is 2. The number of nitrogens with one attached hydrogen (secondary N) is 2. The third-order valence-corrected chi connectivity index (χ3v) is 3.68. The zero-order chi connectivity index (χ0) is 18.8. The van der Waals surface area contributed by atoms with Crippen molar-refractivity contribution in [3.8, 4) is 11.6 Å². The summed E-state index contributed by atoms with van der Waals surface area (Å²) in [5.74, 6) is 2.23. The van der Waals surface area contributed by atoms with Crippen molar-refractivity contribution in [1.82, 2.24) is 15.6 Å². The van der Waals surface area contributed by atoms with Crippen LogP contribution in [0.5, 0.6) is 11.6 Å². The summed E-state index contributed by atoms with van der Waals surface area (Å²) in [5.41, 5.74) is 2.17. The van der Waals surface area contributed by atoms with Crippen molar-refractivity contribution in [2.75, 3.05) is 20.2 Å². The van der Waals surface area contributed by atoms with Crippen molar-refractivity contribution in [3.05, 3.63) is 53.7 Å². The lowest BCUT2D eigenvalue weighted by Gasteiger charge is -2.18. The first kappa shape index (κ1) is 19.6. The molecule has 0 spiro atoms. The normalized spacial score (nSPS) is 12.4. The van der Waals surface area contributed by atoms with Crippen molar-refractivity contribution >= 4 is 5.96 Å². The summed E-state index contributed by atoms with van der Waals surface area (Å²) in [5, 5.41) is 6.55. The maximum Gasteiger partial charge on any atom is 0.218 e. The van der Waals surface area contributed by atoms with Crippen LogP contribution in [0.15, 0.2) is 47.6 Å². The number of guanidine groups is 1. The Kier molecular flexibility index (Phi) is 7.74. The van der Waals surface area contributed by atoms with Crippen LogP contribution >= 0.6 is 0 Å². The molecule has 6 nitrogen and oxygen atoms in total. The minimum absolute atomic E-state index is 0.00716. The summed E-state index contributed by atoms with van der Waals surface area (Å²) in [7, 11) is 1.74. The van der Waals surface area contributed by atoms with Crippen molar-refractivity contribution in [1.29, 1.82) is 0 Å². The van der Waals surface area contributed by atoms with Gasteiger partial charge >= 0.3 is 0 Å². The number of aryl methyl sites for hydroxylation is 1. The van der Waals surface area contributed by atoms with E-state index in [0.29, 0.717) is 31.5 Å². The number of rotatable bonds is 8. The van der Waals surface area contributed by atoms with Gasteiger partial charge in [0.25, 0.3) is 0 Å². The van der Waals surface area contributed by atoms with Crippen LogP contribution in [0.1, 0.15) is 25.0 Å². The van der Waals surface area contributed by atoms with Crippen LogP contribution in [0.2, 0.25) is 0 Å². The number of aliphatic imine (C=N–C) groups is 1. The average molecular weight is 356 g/mol. The lowest BCUT2D eigenvalue weighted by atomic mass is 10.2. The van der Waals surface area contributed by atoms with Gasteiger partial charge in [0, 0.05) is 25.4 Å². The predicted octanol–water partition coefficient (Wildman–Crippen LogP) is 2.92. The molecular weight excluding hydrogens is 328 g/mol. The molecule has 1 heterocycles. The molecule has 6 heteroatoms. The van der Waals surface area contributed by atoms with Gasteiger partial charge in [-0.1, -0.05) is 18.2 Å². The van der Waals surface area contributed by atoms with Gasteiger partial charge in [-0.2, -0.15) is 0 Å². The van der Waals surface area contributed by atoms with Crippen molar-refractivity contribution in [2.24, 2.45) is 4.99 Å². The van der Waals surface area contributed by atoms with Gasteiger partial charge in [0.15, 0.2) is 5.96 Å². The van der Waals surface area contributed by atoms with Gasteiger partial charge in [-0.15, -0.1) is 0 Å². The van der Waals surface area contributed by atoms with E-state index >= 15 is 0 Å². The molecular formula is C20H28N4O2. The number of pyridine rings is 1. The molecule has 0 aliphatic rings. The topological polar surface area (TPSA) is 67.8 Å². The summed E-state index contributed by atoms with van der Waals surface area (Å²) < 4.78 is 11.5. The van der Waals surface area contributed by atoms with E-state index in [1.54, 1.807) is 13.2 Å². The minimum atomic E-state index is 0.00716. The fraction of sp³-hybridized carbons (Fsp3) is 0.400. The quantitative estimate of drug-likeness (QED) is 0.562. The first-order valence-electron chi connectivity index (χ1n) is 8.87. The zero-order valence-electron chi connectivity index (χ0n) is 16.0. The van der Waals surface area contributed by atoms with Gasteiger partial charge in [0.05, 0.1) is 13.2 Å². The van der Waals surface area contributed by atoms with E-state index < -0.39 is 0 Å². The van der Waals surface area contributed by atoms with Gasteiger partial charge in [-0.25, -0.2) is 4.98 Å². The zero-order valence-corrected chi connectivity index (χ0v) is 16.0. The van der Waals surface area contributed by atoms with Crippen LogP contribution in [-0.4, -0.2) is 37.2 Å². The second kappa shape index (κ2) is 10.3. The van der Waals surface area contributed by atoms with Crippen LogP contribution in [0.3, 0.4) is 0 Å². The molecule has 0 saturated carbocycles. The Balaban J connectivity index is 1.82. The van der Waals surface area contributed by atoms with Gasteiger partial charge < -0.3 is 20.1 Å². The smallest absolute Gasteiger partial charge is 0.218 e. The molecule has 1 atom stereocenters. The molecule has 0 aliphatic heterocycles. The Morgan fingerprint density at radius 1 is 1.23 bits per heavy atom. The number of hydrogen-bond donors (Lipinski definition) is 2. The first-order valence-corrected chi connectivity index (χ1v) is 8.87. The molecule has 0 bridgehead atoms. The second-order valence-corrected chi connectivity index (χ2v) is 5.95. The molecule has 0 fully saturated rings. The van der Waals surface area contributed by atoms with E-state index in [1.165, 1.54) is 5.56 Å². The van der Waals surface area contributed by atoms with Crippen LogP contribution < -0.4 is 20.1 Å². The fourth-order valence-corrected chi connectivity index (χ4v) is 2.43. The van der Waals surface area contributed by atoms with Crippen molar-refractivity contribution < 1.29 is 9.47 Å². The van der Waals surface area contributed by atoms with E-state index in [4.69, 9.17) is 9.47 Å². The fourth-order valence-electron chi connectivity index (χ4n) is 2.43. The van der Waals surface area contributed by atoms with Crippen molar-refractivity contribution in [3.63, 3.8) is 0 Å². The van der Waals surface area contributed by atoms with Gasteiger partial charge in [0.2, 0.25) is 5.88 Å². The molecule has 1 unspecified atom stereocenters. The number of aromatic nitrogens is 1. The Bertz CT molecular complexity index is 718. The van der Waals surface area contributed by atoms with Crippen LogP contribution in [0, 0.1) is 6.92 Å². The SMILES string of the molecule is CCOc1ncccc1CNC(=NC)NCC(C)Oc1cccc(C)c1. The monoisotopic (exact) mass is 356 g/mol. The lowest BCUT2D eigenvalue weighted by molar-refractivity contribution is 0.223. The molecule has 1 aromatic heterocycles. The molecule has 2 aromatic rings. The second-order valence-electron chi connectivity index (χ2n) is 5.95. The maximum absolute atomic E-state index is 5.93. The highest BCUT2D eigenvalue weighted by Crippen LogP contribution is 2.14. The van der Waals surface area contributed by atoms with E-state index in [0.717, 1.165) is 11.3 Å². The summed E-state index contributed by atoms with van der Waals surface area (Å²) >= 11 is 0. The molecule has 0 radical (unpaired) electrons. The van der Waals surface area contributed by atoms with Crippen LogP contribution in [-0.2, 0) is 6.54 Å². The summed E-state index contributed by atoms with van der Waals surface area (Å²) in [6, 6.07) is 11.9. The highest BCUT2D eigenvalue weighted by Gasteiger charge is 2.08. The third-order valence-electron chi connectivity index (χ3n) is 3.68. The Morgan fingerprint density at radius 2 is 2.08 bits per heavy atom. The van der Waals surface area contributed by atoms with Crippen LogP contribution in [0.25, 0.3) is 0 Å². The van der Waals surface area contributed by atoms with Gasteiger partial charge in [-0.05, 0) is 44.5 Å². The number of benzene rings is 1. The van der Waals surface area contributed by atoms with Gasteiger partial charge in [0.1, 0.15) is 11.9 Å². The average Bonchev–Trinajstić information content (AvgIpc) is 2.63. The van der Waals surface area contributed by atoms with Gasteiger partial charge in [-0.3, -0.25) is 4.99 Å². The Labute approximate surface area is 155 Å². The third kappa shape index (κ3) is 6.27. The van der Waals surface area contributed by atoms with E-state index in [1.807, 2.05) is 44.2 Å². The molecule has 0 aliphatic carbocycles. The first-order chi connectivity index (χ1) is 12.6. The summed E-state index contributed by atoms with van der Waals surface area (Å²) in [6.07, 6.45) is 1.74. The molecule has 26 heavy (non-hydrogen) atoms.